The number of pyridine rings is 1. The van der Waals surface area contributed by atoms with Crippen molar-refractivity contribution in [2.24, 2.45) is 0 Å². The van der Waals surface area contributed by atoms with Gasteiger partial charge < -0.3 is 19.4 Å². The van der Waals surface area contributed by atoms with Crippen LogP contribution in [0.1, 0.15) is 24.1 Å². The van der Waals surface area contributed by atoms with E-state index in [4.69, 9.17) is 9.15 Å². The number of carbonyl (C=O) groups excluding carboxylic acids is 1. The van der Waals surface area contributed by atoms with Crippen LogP contribution in [-0.4, -0.2) is 50.3 Å². The molecule has 11 heteroatoms. The average molecular weight is 553 g/mol. The van der Waals surface area contributed by atoms with Crippen LogP contribution in [0.15, 0.2) is 76.2 Å². The number of aromatic nitrogens is 1. The number of carbonyl (C=O) groups is 1. The molecule has 5 rings (SSSR count). The lowest BCUT2D eigenvalue weighted by Gasteiger charge is -2.22. The Balaban J connectivity index is 1.22. The van der Waals surface area contributed by atoms with E-state index in [2.05, 4.69) is 10.3 Å². The molecule has 0 unspecified atom stereocenters. The third-order valence-electron chi connectivity index (χ3n) is 6.53. The summed E-state index contributed by atoms with van der Waals surface area (Å²) in [5.74, 6) is 0.583. The second kappa shape index (κ2) is 11.0. The molecule has 0 aliphatic carbocycles. The van der Waals surface area contributed by atoms with Crippen molar-refractivity contribution in [2.45, 2.75) is 37.1 Å². The third kappa shape index (κ3) is 5.89. The number of rotatable bonds is 9. The van der Waals surface area contributed by atoms with Crippen LogP contribution in [0.25, 0.3) is 11.0 Å². The Morgan fingerprint density at radius 3 is 2.79 bits per heavy atom. The molecule has 1 N–H and O–H groups in total. The van der Waals surface area contributed by atoms with E-state index in [9.17, 15) is 17.6 Å². The highest BCUT2D eigenvalue weighted by atomic mass is 32.2. The molecule has 1 aliphatic heterocycles. The highest BCUT2D eigenvalue weighted by Gasteiger charge is 2.41. The van der Waals surface area contributed by atoms with E-state index >= 15 is 0 Å². The molecule has 1 amide bonds. The fourth-order valence-electron chi connectivity index (χ4n) is 4.53. The summed E-state index contributed by atoms with van der Waals surface area (Å²) in [4.78, 5) is 19.5. The zero-order valence-corrected chi connectivity index (χ0v) is 22.4. The number of fused-ring (bicyclic) bond motifs is 1. The number of sulfonamides is 1. The number of amides is 1. The summed E-state index contributed by atoms with van der Waals surface area (Å²) < 4.78 is 52.7. The summed E-state index contributed by atoms with van der Waals surface area (Å²) >= 11 is 0. The van der Waals surface area contributed by atoms with E-state index < -0.39 is 27.8 Å². The van der Waals surface area contributed by atoms with Crippen molar-refractivity contribution in [3.8, 4) is 5.75 Å². The van der Waals surface area contributed by atoms with E-state index in [0.29, 0.717) is 30.6 Å². The van der Waals surface area contributed by atoms with Gasteiger partial charge in [0.1, 0.15) is 35.6 Å². The second-order valence-electron chi connectivity index (χ2n) is 9.56. The smallest absolute Gasteiger partial charge is 0.277 e. The number of furan rings is 1. The van der Waals surface area contributed by atoms with Gasteiger partial charge in [-0.05, 0) is 60.9 Å². The van der Waals surface area contributed by atoms with Gasteiger partial charge >= 0.3 is 0 Å². The number of benzene rings is 2. The highest BCUT2D eigenvalue weighted by molar-refractivity contribution is 7.89. The molecule has 1 aliphatic rings. The van der Waals surface area contributed by atoms with E-state index in [-0.39, 0.29) is 23.8 Å². The number of hydrogen-bond acceptors (Lipinski definition) is 7. The summed E-state index contributed by atoms with van der Waals surface area (Å²) in [6.07, 6.45) is 0.931. The molecule has 2 aromatic carbocycles. The van der Waals surface area contributed by atoms with Crippen molar-refractivity contribution in [3.63, 3.8) is 0 Å². The quantitative estimate of drug-likeness (QED) is 0.334. The summed E-state index contributed by atoms with van der Waals surface area (Å²) in [5, 5.41) is 2.89. The summed E-state index contributed by atoms with van der Waals surface area (Å²) in [6, 6.07) is 17.3. The number of nitrogens with zero attached hydrogens (tertiary/aromatic N) is 3. The zero-order valence-electron chi connectivity index (χ0n) is 21.6. The van der Waals surface area contributed by atoms with E-state index in [1.165, 1.54) is 24.3 Å². The van der Waals surface area contributed by atoms with Crippen molar-refractivity contribution < 1.29 is 26.8 Å². The highest BCUT2D eigenvalue weighted by Crippen LogP contribution is 2.30. The van der Waals surface area contributed by atoms with Gasteiger partial charge in [0.2, 0.25) is 11.0 Å². The maximum Gasteiger partial charge on any atom is 0.277 e. The van der Waals surface area contributed by atoms with Gasteiger partial charge in [-0.1, -0.05) is 18.2 Å². The van der Waals surface area contributed by atoms with Crippen molar-refractivity contribution in [1.82, 2.24) is 14.6 Å². The molecule has 1 fully saturated rings. The van der Waals surface area contributed by atoms with Crippen molar-refractivity contribution in [3.05, 3.63) is 83.8 Å². The summed E-state index contributed by atoms with van der Waals surface area (Å²) in [5.41, 5.74) is 1.86. The fraction of sp³-hybridized carbons (Fsp3) is 0.286. The van der Waals surface area contributed by atoms with Gasteiger partial charge in [0.25, 0.3) is 10.0 Å². The van der Waals surface area contributed by atoms with Crippen molar-refractivity contribution in [2.75, 3.05) is 25.5 Å². The topological polar surface area (TPSA) is 105 Å². The van der Waals surface area contributed by atoms with Gasteiger partial charge in [-0.2, -0.15) is 4.31 Å². The van der Waals surface area contributed by atoms with Crippen LogP contribution in [0.5, 0.6) is 5.75 Å². The van der Waals surface area contributed by atoms with Crippen LogP contribution in [0.4, 0.5) is 10.2 Å². The van der Waals surface area contributed by atoms with Crippen molar-refractivity contribution >= 4 is 32.7 Å². The number of hydrogen-bond donors (Lipinski definition) is 1. The van der Waals surface area contributed by atoms with Crippen LogP contribution in [0.2, 0.25) is 0 Å². The largest absolute Gasteiger partial charge is 0.487 e. The standard InChI is InChI=1S/C28H29FN4O5S/c1-32(2)26-10-4-7-22(31-26)18-37-23-8-3-6-19(14-23)17-30-28(34)24-9-5-13-33(24)39(35,36)27-16-20-15-21(29)11-12-25(20)38-27/h3-4,6-8,10-12,14-16,24H,5,9,13,17-18H2,1-2H3,(H,30,34)/t24-/m0/s1. The van der Waals surface area contributed by atoms with Gasteiger partial charge in [0, 0.05) is 38.6 Å². The Morgan fingerprint density at radius 1 is 1.15 bits per heavy atom. The average Bonchev–Trinajstić information content (AvgIpc) is 3.59. The maximum atomic E-state index is 13.6. The van der Waals surface area contributed by atoms with Crippen LogP contribution in [-0.2, 0) is 28.0 Å². The first-order valence-electron chi connectivity index (χ1n) is 12.5. The predicted octanol–water partition coefficient (Wildman–Crippen LogP) is 4.08. The van der Waals surface area contributed by atoms with Crippen molar-refractivity contribution in [1.29, 1.82) is 0 Å². The maximum absolute atomic E-state index is 13.6. The van der Waals surface area contributed by atoms with Crippen LogP contribution >= 0.6 is 0 Å². The molecule has 4 aromatic rings. The van der Waals surface area contributed by atoms with Gasteiger partial charge in [-0.15, -0.1) is 0 Å². The van der Waals surface area contributed by atoms with Crippen LogP contribution < -0.4 is 15.0 Å². The minimum absolute atomic E-state index is 0.193. The summed E-state index contributed by atoms with van der Waals surface area (Å²) in [6.45, 7) is 0.692. The molecule has 39 heavy (non-hydrogen) atoms. The summed E-state index contributed by atoms with van der Waals surface area (Å²) in [7, 11) is -0.240. The van der Waals surface area contributed by atoms with E-state index in [1.807, 2.05) is 61.5 Å². The molecular weight excluding hydrogens is 523 g/mol. The number of ether oxygens (including phenoxy) is 1. The monoisotopic (exact) mass is 552 g/mol. The van der Waals surface area contributed by atoms with Gasteiger partial charge in [-0.25, -0.2) is 17.8 Å². The third-order valence-corrected chi connectivity index (χ3v) is 8.29. The fourth-order valence-corrected chi connectivity index (χ4v) is 6.14. The Bertz CT molecular complexity index is 1600. The molecular formula is C28H29FN4O5S. The van der Waals surface area contributed by atoms with E-state index in [1.54, 1.807) is 0 Å². The predicted molar refractivity (Wildman–Crippen MR) is 144 cm³/mol. The lowest BCUT2D eigenvalue weighted by Crippen LogP contribution is -2.45. The van der Waals surface area contributed by atoms with Gasteiger partial charge in [-0.3, -0.25) is 4.79 Å². The lowest BCUT2D eigenvalue weighted by atomic mass is 10.2. The minimum atomic E-state index is -4.09. The van der Waals surface area contributed by atoms with Crippen LogP contribution in [0, 0.1) is 5.82 Å². The first-order chi connectivity index (χ1) is 18.7. The number of nitrogens with one attached hydrogen (secondary N) is 1. The normalized spacial score (nSPS) is 15.9. The molecule has 204 valence electrons. The number of halogens is 1. The molecule has 2 aromatic heterocycles. The lowest BCUT2D eigenvalue weighted by molar-refractivity contribution is -0.124. The molecule has 0 bridgehead atoms. The van der Waals surface area contributed by atoms with Gasteiger partial charge in [0.05, 0.1) is 5.69 Å². The Labute approximate surface area is 226 Å². The first kappa shape index (κ1) is 26.6. The molecule has 1 atom stereocenters. The van der Waals surface area contributed by atoms with Gasteiger partial charge in [0.15, 0.2) is 0 Å². The molecule has 3 heterocycles. The molecule has 9 nitrogen and oxygen atoms in total. The molecule has 0 saturated carbocycles. The minimum Gasteiger partial charge on any atom is -0.487 e. The first-order valence-corrected chi connectivity index (χ1v) is 14.0. The second-order valence-corrected chi connectivity index (χ2v) is 11.4. The Kier molecular flexibility index (Phi) is 7.53. The Hall–Kier alpha value is -3.96. The number of anilines is 1. The van der Waals surface area contributed by atoms with Crippen LogP contribution in [0.3, 0.4) is 0 Å². The van der Waals surface area contributed by atoms with E-state index in [0.717, 1.165) is 21.4 Å². The SMILES string of the molecule is CN(C)c1cccc(COc2cccc(CNC(=O)[C@@H]3CCCN3S(=O)(=O)c3cc4cc(F)ccc4o3)c2)n1. The zero-order chi connectivity index (χ0) is 27.6. The molecule has 0 spiro atoms. The molecule has 0 radical (unpaired) electrons. The molecule has 1 saturated heterocycles. The Morgan fingerprint density at radius 2 is 1.97 bits per heavy atom.